The number of sulfonamides is 1. The van der Waals surface area contributed by atoms with Crippen molar-refractivity contribution < 1.29 is 17.9 Å². The summed E-state index contributed by atoms with van der Waals surface area (Å²) in [6.45, 7) is 1.75. The monoisotopic (exact) mass is 419 g/mol. The number of para-hydroxylation sites is 1. The number of nitriles is 1. The number of hydrogen-bond acceptors (Lipinski definition) is 5. The van der Waals surface area contributed by atoms with E-state index in [0.717, 1.165) is 5.56 Å². The van der Waals surface area contributed by atoms with E-state index in [-0.39, 0.29) is 17.1 Å². The van der Waals surface area contributed by atoms with Gasteiger partial charge in [0.05, 0.1) is 27.7 Å². The van der Waals surface area contributed by atoms with Gasteiger partial charge in [-0.15, -0.1) is 0 Å². The Hall–Kier alpha value is -3.83. The zero-order chi connectivity index (χ0) is 21.3. The summed E-state index contributed by atoms with van der Waals surface area (Å²) in [5.41, 5.74) is 2.40. The summed E-state index contributed by atoms with van der Waals surface area (Å²) in [5.74, 6) is -0.260. The van der Waals surface area contributed by atoms with Crippen molar-refractivity contribution in [3.05, 3.63) is 78.0 Å². The molecular formula is C22H17N3O4S. The number of benzene rings is 2. The second-order valence-corrected chi connectivity index (χ2v) is 8.39. The third kappa shape index (κ3) is 3.47. The van der Waals surface area contributed by atoms with Gasteiger partial charge in [0.1, 0.15) is 11.8 Å². The number of aryl methyl sites for hydroxylation is 1. The number of aromatic nitrogens is 1. The number of amides is 1. The summed E-state index contributed by atoms with van der Waals surface area (Å²) < 4.78 is 34.7. The van der Waals surface area contributed by atoms with Gasteiger partial charge in [-0.1, -0.05) is 35.9 Å². The Morgan fingerprint density at radius 2 is 1.80 bits per heavy atom. The molecule has 0 bridgehead atoms. The molecule has 4 aromatic rings. The van der Waals surface area contributed by atoms with E-state index in [1.807, 2.05) is 25.1 Å². The molecule has 0 unspecified atom stereocenters. The molecule has 2 heterocycles. The second kappa shape index (κ2) is 7.54. The number of pyridine rings is 1. The van der Waals surface area contributed by atoms with E-state index in [4.69, 9.17) is 10.00 Å². The van der Waals surface area contributed by atoms with Gasteiger partial charge < -0.3 is 9.14 Å². The highest BCUT2D eigenvalue weighted by Crippen LogP contribution is 2.29. The van der Waals surface area contributed by atoms with Gasteiger partial charge in [-0.05, 0) is 37.3 Å². The van der Waals surface area contributed by atoms with Crippen LogP contribution in [-0.2, 0) is 10.0 Å². The predicted octanol–water partition coefficient (Wildman–Crippen LogP) is 3.42. The Morgan fingerprint density at radius 1 is 1.07 bits per heavy atom. The van der Waals surface area contributed by atoms with Crippen LogP contribution in [0.3, 0.4) is 0 Å². The topological polar surface area (TPSA) is 101 Å². The molecule has 0 aliphatic rings. The molecule has 2 aromatic carbocycles. The number of carbonyl (C=O) groups is 1. The van der Waals surface area contributed by atoms with Crippen LogP contribution in [0, 0.1) is 18.3 Å². The van der Waals surface area contributed by atoms with Gasteiger partial charge in [-0.3, -0.25) is 4.79 Å². The summed E-state index contributed by atoms with van der Waals surface area (Å²) in [6.07, 6.45) is 1.67. The molecule has 1 amide bonds. The van der Waals surface area contributed by atoms with Gasteiger partial charge in [-0.2, -0.15) is 5.26 Å². The molecule has 1 N–H and O–H groups in total. The normalized spacial score (nSPS) is 11.3. The van der Waals surface area contributed by atoms with E-state index in [1.54, 1.807) is 47.0 Å². The third-order valence-electron chi connectivity index (χ3n) is 4.70. The maximum atomic E-state index is 13.1. The second-order valence-electron chi connectivity index (χ2n) is 6.71. The van der Waals surface area contributed by atoms with Crippen LogP contribution >= 0.6 is 0 Å². The first kappa shape index (κ1) is 19.5. The van der Waals surface area contributed by atoms with Gasteiger partial charge >= 0.3 is 0 Å². The molecule has 0 fully saturated rings. The lowest BCUT2D eigenvalue weighted by atomic mass is 10.1. The van der Waals surface area contributed by atoms with Crippen LogP contribution in [0.5, 0.6) is 5.75 Å². The number of hydrogen-bond donors (Lipinski definition) is 1. The lowest BCUT2D eigenvalue weighted by Crippen LogP contribution is -2.30. The van der Waals surface area contributed by atoms with Crippen LogP contribution in [0.15, 0.2) is 71.8 Å². The fraction of sp³-hybridized carbons (Fsp3) is 0.0909. The Bertz CT molecular complexity index is 1410. The van der Waals surface area contributed by atoms with Crippen molar-refractivity contribution in [1.82, 2.24) is 9.12 Å². The van der Waals surface area contributed by atoms with Crippen LogP contribution < -0.4 is 9.46 Å². The number of nitrogens with zero attached hydrogens (tertiary/aromatic N) is 2. The van der Waals surface area contributed by atoms with Crippen molar-refractivity contribution in [3.63, 3.8) is 0 Å². The minimum Gasteiger partial charge on any atom is -0.477 e. The van der Waals surface area contributed by atoms with Gasteiger partial charge in [0.25, 0.3) is 15.9 Å². The molecule has 0 radical (unpaired) electrons. The largest absolute Gasteiger partial charge is 0.477 e. The highest BCUT2D eigenvalue weighted by Gasteiger charge is 2.24. The minimum atomic E-state index is -4.03. The molecule has 0 atom stereocenters. The molecule has 0 spiro atoms. The fourth-order valence-electron chi connectivity index (χ4n) is 3.31. The molecule has 0 aliphatic heterocycles. The number of ether oxygens (including phenoxy) is 1. The quantitative estimate of drug-likeness (QED) is 0.534. The van der Waals surface area contributed by atoms with Crippen LogP contribution in [-0.4, -0.2) is 25.3 Å². The van der Waals surface area contributed by atoms with E-state index >= 15 is 0 Å². The standard InChI is InChI=1S/C22H17N3O4S/c1-15-6-9-17(10-7-15)30(27,28)24-22(26)21-18-4-2-3-5-19(18)25-14-16(29-13-12-23)8-11-20(21)25/h2-11,14H,13H2,1H3,(H,24,26). The molecule has 0 saturated heterocycles. The average Bonchev–Trinajstić information content (AvgIpc) is 3.06. The lowest BCUT2D eigenvalue weighted by molar-refractivity contribution is 0.0984. The van der Waals surface area contributed by atoms with E-state index in [9.17, 15) is 13.2 Å². The van der Waals surface area contributed by atoms with Gasteiger partial charge in [0.15, 0.2) is 6.61 Å². The molecule has 7 nitrogen and oxygen atoms in total. The molecule has 0 saturated carbocycles. The first-order valence-electron chi connectivity index (χ1n) is 9.07. The van der Waals surface area contributed by atoms with Crippen molar-refractivity contribution in [2.24, 2.45) is 0 Å². The van der Waals surface area contributed by atoms with Crippen molar-refractivity contribution in [2.75, 3.05) is 6.61 Å². The summed E-state index contributed by atoms with van der Waals surface area (Å²) in [6, 6.07) is 18.6. The van der Waals surface area contributed by atoms with Gasteiger partial charge in [0, 0.05) is 5.39 Å². The zero-order valence-corrected chi connectivity index (χ0v) is 16.8. The van der Waals surface area contributed by atoms with Crippen molar-refractivity contribution in [3.8, 4) is 11.8 Å². The Kier molecular flexibility index (Phi) is 4.90. The summed E-state index contributed by atoms with van der Waals surface area (Å²) in [5, 5.41) is 9.32. The highest BCUT2D eigenvalue weighted by molar-refractivity contribution is 7.90. The zero-order valence-electron chi connectivity index (χ0n) is 16.0. The minimum absolute atomic E-state index is 0.0152. The molecule has 2 aromatic heterocycles. The third-order valence-corrected chi connectivity index (χ3v) is 6.05. The Balaban J connectivity index is 1.80. The summed E-state index contributed by atoms with van der Waals surface area (Å²) >= 11 is 0. The molecule has 30 heavy (non-hydrogen) atoms. The molecule has 0 aliphatic carbocycles. The number of rotatable bonds is 5. The van der Waals surface area contributed by atoms with E-state index in [0.29, 0.717) is 22.2 Å². The lowest BCUT2D eigenvalue weighted by Gasteiger charge is -2.08. The van der Waals surface area contributed by atoms with Gasteiger partial charge in [0.2, 0.25) is 0 Å². The number of carbonyl (C=O) groups excluding carboxylic acids is 1. The maximum absolute atomic E-state index is 13.1. The van der Waals surface area contributed by atoms with Crippen LogP contribution in [0.1, 0.15) is 15.9 Å². The Morgan fingerprint density at radius 3 is 2.53 bits per heavy atom. The summed E-state index contributed by atoms with van der Waals surface area (Å²) in [7, 11) is -4.03. The Labute approximate surface area is 173 Å². The van der Waals surface area contributed by atoms with Crippen molar-refractivity contribution in [1.29, 1.82) is 5.26 Å². The SMILES string of the molecule is Cc1ccc(S(=O)(=O)NC(=O)c2c3ccccc3n3cc(OCC#N)ccc23)cc1. The smallest absolute Gasteiger partial charge is 0.267 e. The van der Waals surface area contributed by atoms with Crippen molar-refractivity contribution >= 4 is 32.4 Å². The van der Waals surface area contributed by atoms with Crippen LogP contribution in [0.2, 0.25) is 0 Å². The molecule has 4 rings (SSSR count). The average molecular weight is 419 g/mol. The van der Waals surface area contributed by atoms with E-state index in [1.165, 1.54) is 12.1 Å². The van der Waals surface area contributed by atoms with Gasteiger partial charge in [-0.25, -0.2) is 13.1 Å². The number of nitrogens with one attached hydrogen (secondary N) is 1. The van der Waals surface area contributed by atoms with E-state index in [2.05, 4.69) is 4.72 Å². The molecule has 150 valence electrons. The van der Waals surface area contributed by atoms with E-state index < -0.39 is 15.9 Å². The van der Waals surface area contributed by atoms with Crippen molar-refractivity contribution in [2.45, 2.75) is 11.8 Å². The first-order valence-corrected chi connectivity index (χ1v) is 10.6. The van der Waals surface area contributed by atoms with Crippen LogP contribution in [0.4, 0.5) is 0 Å². The highest BCUT2D eigenvalue weighted by atomic mass is 32.2. The maximum Gasteiger partial charge on any atom is 0.267 e. The molecular weight excluding hydrogens is 402 g/mol. The van der Waals surface area contributed by atoms with Crippen LogP contribution in [0.25, 0.3) is 16.4 Å². The predicted molar refractivity (Wildman–Crippen MR) is 112 cm³/mol. The number of fused-ring (bicyclic) bond motifs is 3. The summed E-state index contributed by atoms with van der Waals surface area (Å²) in [4.78, 5) is 13.1. The first-order chi connectivity index (χ1) is 14.4. The fourth-order valence-corrected chi connectivity index (χ4v) is 4.26. The molecule has 8 heteroatoms.